The Morgan fingerprint density at radius 3 is 2.61 bits per heavy atom. The van der Waals surface area contributed by atoms with Gasteiger partial charge in [-0.1, -0.05) is 58.3 Å². The number of oxime groups is 1. The number of amides is 1. The highest BCUT2D eigenvalue weighted by atomic mass is 16.7. The number of carbonyl (C=O) groups is 1. The van der Waals surface area contributed by atoms with E-state index >= 15 is 0 Å². The first-order valence-electron chi connectivity index (χ1n) is 9.02. The zero-order valence-corrected chi connectivity index (χ0v) is 15.7. The van der Waals surface area contributed by atoms with Crippen LogP contribution in [0, 0.1) is 6.92 Å². The molecule has 0 unspecified atom stereocenters. The van der Waals surface area contributed by atoms with Crippen molar-refractivity contribution in [2.45, 2.75) is 32.4 Å². The fourth-order valence-electron chi connectivity index (χ4n) is 2.93. The van der Waals surface area contributed by atoms with Crippen LogP contribution in [0.25, 0.3) is 11.5 Å². The van der Waals surface area contributed by atoms with Crippen molar-refractivity contribution < 1.29 is 14.2 Å². The molecule has 1 aromatic heterocycles. The normalized spacial score (nSPS) is 18.4. The van der Waals surface area contributed by atoms with Crippen LogP contribution in [0.1, 0.15) is 30.3 Å². The minimum atomic E-state index is -1.06. The summed E-state index contributed by atoms with van der Waals surface area (Å²) in [4.78, 5) is 22.4. The second-order valence-electron chi connectivity index (χ2n) is 6.97. The largest absolute Gasteiger partial charge is 0.379 e. The van der Waals surface area contributed by atoms with E-state index in [2.05, 4.69) is 20.6 Å². The van der Waals surface area contributed by atoms with Crippen molar-refractivity contribution in [3.63, 3.8) is 0 Å². The average Bonchev–Trinajstić information content (AvgIpc) is 3.35. The summed E-state index contributed by atoms with van der Waals surface area (Å²) in [5.74, 6) is 0.542. The maximum Gasteiger partial charge on any atom is 0.267 e. The molecule has 0 fully saturated rings. The van der Waals surface area contributed by atoms with Gasteiger partial charge in [-0.3, -0.25) is 4.79 Å². The fraction of sp³-hybridized carbons (Fsp3) is 0.238. The van der Waals surface area contributed by atoms with Gasteiger partial charge in [0.25, 0.3) is 11.8 Å². The quantitative estimate of drug-likeness (QED) is 0.738. The van der Waals surface area contributed by atoms with Crippen LogP contribution in [0.5, 0.6) is 0 Å². The minimum absolute atomic E-state index is 0.147. The molecule has 7 heteroatoms. The number of aromatic nitrogens is 2. The Balaban J connectivity index is 1.37. The van der Waals surface area contributed by atoms with E-state index in [1.165, 1.54) is 0 Å². The summed E-state index contributed by atoms with van der Waals surface area (Å²) in [6, 6.07) is 17.5. The Bertz CT molecular complexity index is 1010. The molecule has 1 atom stereocenters. The van der Waals surface area contributed by atoms with Gasteiger partial charge in [-0.15, -0.1) is 0 Å². The highest BCUT2D eigenvalue weighted by Crippen LogP contribution is 2.27. The maximum atomic E-state index is 12.6. The molecule has 0 bridgehead atoms. The van der Waals surface area contributed by atoms with Crippen molar-refractivity contribution in [2.75, 3.05) is 0 Å². The van der Waals surface area contributed by atoms with Crippen LogP contribution >= 0.6 is 0 Å². The second kappa shape index (κ2) is 7.26. The van der Waals surface area contributed by atoms with Crippen molar-refractivity contribution in [3.05, 3.63) is 71.5 Å². The number of nitrogens with one attached hydrogen (secondary N) is 1. The maximum absolute atomic E-state index is 12.6. The molecular weight excluding hydrogens is 356 g/mol. The van der Waals surface area contributed by atoms with Crippen LogP contribution < -0.4 is 5.32 Å². The summed E-state index contributed by atoms with van der Waals surface area (Å²) >= 11 is 0. The standard InChI is InChI=1S/C21H20N4O3/c1-14-8-10-16(11-9-14)19-23-18(25-27-19)13-22-20(26)21(2)12-17(24-28-21)15-6-4-3-5-7-15/h3-11H,12-13H2,1-2H3,(H,22,26)/t21-/m1/s1. The van der Waals surface area contributed by atoms with E-state index in [9.17, 15) is 4.79 Å². The number of rotatable bonds is 5. The van der Waals surface area contributed by atoms with Crippen LogP contribution in [-0.2, 0) is 16.2 Å². The van der Waals surface area contributed by atoms with Crippen LogP contribution in [0.15, 0.2) is 64.3 Å². The molecule has 7 nitrogen and oxygen atoms in total. The Kier molecular flexibility index (Phi) is 4.65. The zero-order valence-electron chi connectivity index (χ0n) is 15.7. The van der Waals surface area contributed by atoms with E-state index in [1.54, 1.807) is 6.92 Å². The minimum Gasteiger partial charge on any atom is -0.379 e. The Morgan fingerprint density at radius 2 is 1.86 bits per heavy atom. The van der Waals surface area contributed by atoms with Gasteiger partial charge in [-0.25, -0.2) is 0 Å². The number of aryl methyl sites for hydroxylation is 1. The SMILES string of the molecule is Cc1ccc(-c2nc(CNC(=O)[C@@]3(C)CC(c4ccccc4)=NO3)no2)cc1. The average molecular weight is 376 g/mol. The summed E-state index contributed by atoms with van der Waals surface area (Å²) in [6.07, 6.45) is 0.393. The Hall–Kier alpha value is -3.48. The van der Waals surface area contributed by atoms with Crippen molar-refractivity contribution >= 4 is 11.6 Å². The van der Waals surface area contributed by atoms with E-state index in [4.69, 9.17) is 9.36 Å². The predicted octanol–water partition coefficient (Wildman–Crippen LogP) is 3.24. The second-order valence-corrected chi connectivity index (χ2v) is 6.97. The van der Waals surface area contributed by atoms with Crippen LogP contribution in [0.4, 0.5) is 0 Å². The van der Waals surface area contributed by atoms with Crippen LogP contribution in [0.2, 0.25) is 0 Å². The van der Waals surface area contributed by atoms with Gasteiger partial charge in [0, 0.05) is 12.0 Å². The fourth-order valence-corrected chi connectivity index (χ4v) is 2.93. The third-order valence-electron chi connectivity index (χ3n) is 4.62. The summed E-state index contributed by atoms with van der Waals surface area (Å²) in [5, 5.41) is 10.8. The molecule has 2 heterocycles. The van der Waals surface area contributed by atoms with Gasteiger partial charge in [-0.05, 0) is 31.5 Å². The van der Waals surface area contributed by atoms with E-state index < -0.39 is 5.60 Å². The molecule has 1 aliphatic heterocycles. The number of carbonyl (C=O) groups excluding carboxylic acids is 1. The Labute approximate surface area is 162 Å². The first-order chi connectivity index (χ1) is 13.5. The highest BCUT2D eigenvalue weighted by Gasteiger charge is 2.42. The summed E-state index contributed by atoms with van der Waals surface area (Å²) in [7, 11) is 0. The molecule has 1 aliphatic rings. The van der Waals surface area contributed by atoms with Crippen LogP contribution in [-0.4, -0.2) is 27.4 Å². The lowest BCUT2D eigenvalue weighted by molar-refractivity contribution is -0.141. The molecule has 0 saturated carbocycles. The van der Waals surface area contributed by atoms with E-state index in [1.807, 2.05) is 61.5 Å². The van der Waals surface area contributed by atoms with Gasteiger partial charge in [0.2, 0.25) is 5.60 Å². The molecule has 1 amide bonds. The number of hydrogen-bond donors (Lipinski definition) is 1. The molecule has 142 valence electrons. The molecular formula is C21H20N4O3. The molecule has 0 aliphatic carbocycles. The van der Waals surface area contributed by atoms with Gasteiger partial charge in [-0.2, -0.15) is 4.98 Å². The summed E-state index contributed by atoms with van der Waals surface area (Å²) in [5.41, 5.74) is 2.62. The van der Waals surface area contributed by atoms with Crippen molar-refractivity contribution in [1.82, 2.24) is 15.5 Å². The molecule has 28 heavy (non-hydrogen) atoms. The molecule has 0 saturated heterocycles. The zero-order chi connectivity index (χ0) is 19.6. The molecule has 1 N–H and O–H groups in total. The monoisotopic (exact) mass is 376 g/mol. The third-order valence-corrected chi connectivity index (χ3v) is 4.62. The van der Waals surface area contributed by atoms with Gasteiger partial charge >= 0.3 is 0 Å². The van der Waals surface area contributed by atoms with Crippen molar-refractivity contribution in [2.24, 2.45) is 5.16 Å². The summed E-state index contributed by atoms with van der Waals surface area (Å²) in [6.45, 7) is 3.88. The van der Waals surface area contributed by atoms with E-state index in [0.717, 1.165) is 22.4 Å². The first kappa shape index (κ1) is 17.9. The molecule has 0 spiro atoms. The third kappa shape index (κ3) is 3.64. The van der Waals surface area contributed by atoms with Gasteiger partial charge < -0.3 is 14.7 Å². The lowest BCUT2D eigenvalue weighted by atomic mass is 9.95. The van der Waals surface area contributed by atoms with Gasteiger partial charge in [0.15, 0.2) is 5.82 Å². The number of hydrogen-bond acceptors (Lipinski definition) is 6. The number of benzene rings is 2. The van der Waals surface area contributed by atoms with Gasteiger partial charge in [0.1, 0.15) is 0 Å². The Morgan fingerprint density at radius 1 is 1.11 bits per heavy atom. The van der Waals surface area contributed by atoms with Crippen LogP contribution in [0.3, 0.4) is 0 Å². The first-order valence-corrected chi connectivity index (χ1v) is 9.02. The summed E-state index contributed by atoms with van der Waals surface area (Å²) < 4.78 is 5.28. The smallest absolute Gasteiger partial charge is 0.267 e. The van der Waals surface area contributed by atoms with Gasteiger partial charge in [0.05, 0.1) is 12.3 Å². The van der Waals surface area contributed by atoms with E-state index in [0.29, 0.717) is 18.1 Å². The topological polar surface area (TPSA) is 89.6 Å². The molecule has 3 aromatic rings. The molecule has 2 aromatic carbocycles. The van der Waals surface area contributed by atoms with Crippen molar-refractivity contribution in [3.8, 4) is 11.5 Å². The lowest BCUT2D eigenvalue weighted by Gasteiger charge is -2.19. The lowest BCUT2D eigenvalue weighted by Crippen LogP contribution is -2.44. The highest BCUT2D eigenvalue weighted by molar-refractivity contribution is 6.05. The predicted molar refractivity (Wildman–Crippen MR) is 103 cm³/mol. The number of nitrogens with zero attached hydrogens (tertiary/aromatic N) is 3. The molecule has 0 radical (unpaired) electrons. The molecule has 4 rings (SSSR count). The van der Waals surface area contributed by atoms with E-state index in [-0.39, 0.29) is 12.5 Å². The van der Waals surface area contributed by atoms with Crippen molar-refractivity contribution in [1.29, 1.82) is 0 Å².